The van der Waals surface area contributed by atoms with Crippen LogP contribution in [0.15, 0.2) is 76.9 Å². The number of benzene rings is 2. The van der Waals surface area contributed by atoms with Crippen LogP contribution in [0, 0.1) is 0 Å². The number of amides is 1. The molecule has 0 aliphatic carbocycles. The van der Waals surface area contributed by atoms with Crippen molar-refractivity contribution in [3.05, 3.63) is 92.9 Å². The van der Waals surface area contributed by atoms with Gasteiger partial charge >= 0.3 is 0 Å². The number of thiophene rings is 1. The minimum Gasteiger partial charge on any atom is -0.311 e. The third kappa shape index (κ3) is 3.41. The van der Waals surface area contributed by atoms with Gasteiger partial charge in [-0.3, -0.25) is 14.4 Å². The Labute approximate surface area is 172 Å². The summed E-state index contributed by atoms with van der Waals surface area (Å²) in [5.41, 5.74) is 0.905. The molecule has 0 spiro atoms. The summed E-state index contributed by atoms with van der Waals surface area (Å²) in [7, 11) is 7.28. The van der Waals surface area contributed by atoms with E-state index in [0.717, 1.165) is 4.57 Å². The smallest absolute Gasteiger partial charge is 0.275 e. The standard InChI is InChI=1S/C22H15BN2O3S/c1-24(16-10-8-15(23)9-11-16)20(26)17-13-14-5-2-3-6-18(14)25(21(17)27)22(28)19-7-4-12-29-19/h2-13H,1H3. The van der Waals surface area contributed by atoms with Crippen LogP contribution in [0.3, 0.4) is 0 Å². The molecule has 0 bridgehead atoms. The Morgan fingerprint density at radius 1 is 1.00 bits per heavy atom. The van der Waals surface area contributed by atoms with Crippen molar-refractivity contribution < 1.29 is 9.59 Å². The molecule has 4 rings (SSSR count). The van der Waals surface area contributed by atoms with Crippen LogP contribution in [0.1, 0.15) is 20.0 Å². The van der Waals surface area contributed by atoms with Crippen LogP contribution in [0.4, 0.5) is 5.69 Å². The lowest BCUT2D eigenvalue weighted by Gasteiger charge is -2.18. The van der Waals surface area contributed by atoms with E-state index in [-0.39, 0.29) is 5.56 Å². The number of hydrogen-bond donors (Lipinski definition) is 0. The molecule has 0 saturated carbocycles. The van der Waals surface area contributed by atoms with Gasteiger partial charge in [-0.05, 0) is 41.1 Å². The molecule has 0 saturated heterocycles. The fourth-order valence-corrected chi connectivity index (χ4v) is 3.77. The van der Waals surface area contributed by atoms with E-state index >= 15 is 0 Å². The minimum absolute atomic E-state index is 0.0760. The molecule has 2 heterocycles. The number of pyridine rings is 1. The summed E-state index contributed by atoms with van der Waals surface area (Å²) < 4.78 is 1.07. The molecule has 0 fully saturated rings. The van der Waals surface area contributed by atoms with Gasteiger partial charge in [0.2, 0.25) is 0 Å². The number of aromatic nitrogens is 1. The van der Waals surface area contributed by atoms with Crippen LogP contribution >= 0.6 is 11.3 Å². The highest BCUT2D eigenvalue weighted by Crippen LogP contribution is 2.19. The zero-order valence-corrected chi connectivity index (χ0v) is 16.3. The topological polar surface area (TPSA) is 59.4 Å². The first-order valence-electron chi connectivity index (χ1n) is 8.84. The van der Waals surface area contributed by atoms with Gasteiger partial charge in [0.05, 0.1) is 10.4 Å². The number of para-hydroxylation sites is 1. The van der Waals surface area contributed by atoms with Crippen LogP contribution in [0.5, 0.6) is 0 Å². The minimum atomic E-state index is -0.644. The van der Waals surface area contributed by atoms with Crippen LogP contribution in [-0.2, 0) is 0 Å². The molecule has 2 aromatic carbocycles. The highest BCUT2D eigenvalue weighted by molar-refractivity contribution is 7.12. The largest absolute Gasteiger partial charge is 0.311 e. The zero-order valence-electron chi connectivity index (χ0n) is 15.5. The Kier molecular flexibility index (Phi) is 4.90. The summed E-state index contributed by atoms with van der Waals surface area (Å²) in [4.78, 5) is 41.2. The van der Waals surface area contributed by atoms with E-state index < -0.39 is 17.4 Å². The number of rotatable bonds is 3. The molecule has 2 radical (unpaired) electrons. The Bertz CT molecular complexity index is 1280. The predicted octanol–water partition coefficient (Wildman–Crippen LogP) is 2.82. The van der Waals surface area contributed by atoms with Crippen molar-refractivity contribution in [1.82, 2.24) is 4.57 Å². The lowest BCUT2D eigenvalue weighted by atomic mass is 9.96. The molecule has 0 N–H and O–H groups in total. The summed E-state index contributed by atoms with van der Waals surface area (Å²) in [5.74, 6) is -0.954. The van der Waals surface area contributed by atoms with Gasteiger partial charge in [-0.2, -0.15) is 0 Å². The molecule has 140 valence electrons. The molecule has 0 unspecified atom stereocenters. The number of carbonyl (C=O) groups excluding carboxylic acids is 2. The molecular formula is C22H15BN2O3S. The first-order valence-corrected chi connectivity index (χ1v) is 9.72. The molecule has 0 aliphatic rings. The molecule has 0 atom stereocenters. The maximum atomic E-state index is 13.2. The monoisotopic (exact) mass is 398 g/mol. The van der Waals surface area contributed by atoms with Crippen LogP contribution in [0.25, 0.3) is 10.9 Å². The normalized spacial score (nSPS) is 10.8. The van der Waals surface area contributed by atoms with Crippen LogP contribution in [0.2, 0.25) is 0 Å². The number of carbonyl (C=O) groups is 2. The van der Waals surface area contributed by atoms with Crippen molar-refractivity contribution in [2.75, 3.05) is 11.9 Å². The second kappa shape index (κ2) is 7.52. The van der Waals surface area contributed by atoms with Crippen molar-refractivity contribution >= 4 is 53.1 Å². The molecular weight excluding hydrogens is 383 g/mol. The average molecular weight is 398 g/mol. The van der Waals surface area contributed by atoms with Gasteiger partial charge in [0.25, 0.3) is 17.4 Å². The van der Waals surface area contributed by atoms with Gasteiger partial charge in [0.1, 0.15) is 13.4 Å². The fraction of sp³-hybridized carbons (Fsp3) is 0.0455. The second-order valence-corrected chi connectivity index (χ2v) is 7.44. The Morgan fingerprint density at radius 3 is 2.41 bits per heavy atom. The number of hydrogen-bond acceptors (Lipinski definition) is 4. The summed E-state index contributed by atoms with van der Waals surface area (Å²) in [5, 5.41) is 2.40. The SMILES string of the molecule is [B]c1ccc(N(C)C(=O)c2cc3ccccc3n(C(=O)c3cccs3)c2=O)cc1. The average Bonchev–Trinajstić information content (AvgIpc) is 3.27. The second-order valence-electron chi connectivity index (χ2n) is 6.50. The Balaban J connectivity index is 1.88. The highest BCUT2D eigenvalue weighted by Gasteiger charge is 2.23. The van der Waals surface area contributed by atoms with Crippen molar-refractivity contribution in [2.45, 2.75) is 0 Å². The number of nitrogens with zero attached hydrogens (tertiary/aromatic N) is 2. The van der Waals surface area contributed by atoms with Gasteiger partial charge < -0.3 is 4.90 Å². The van der Waals surface area contributed by atoms with Gasteiger partial charge in [0.15, 0.2) is 0 Å². The molecule has 7 heteroatoms. The van der Waals surface area contributed by atoms with E-state index in [1.54, 1.807) is 73.1 Å². The summed E-state index contributed by atoms with van der Waals surface area (Å²) in [6.45, 7) is 0. The molecule has 29 heavy (non-hydrogen) atoms. The van der Waals surface area contributed by atoms with Crippen molar-refractivity contribution in [3.8, 4) is 0 Å². The third-order valence-electron chi connectivity index (χ3n) is 4.66. The van der Waals surface area contributed by atoms with Crippen LogP contribution in [-0.4, -0.2) is 31.3 Å². The van der Waals surface area contributed by atoms with E-state index in [1.807, 2.05) is 0 Å². The molecule has 5 nitrogen and oxygen atoms in total. The van der Waals surface area contributed by atoms with Gasteiger partial charge in [-0.1, -0.05) is 41.9 Å². The summed E-state index contributed by atoms with van der Waals surface area (Å²) in [6, 6.07) is 18.7. The number of fused-ring (bicyclic) bond motifs is 1. The van der Waals surface area contributed by atoms with E-state index in [1.165, 1.54) is 22.3 Å². The Morgan fingerprint density at radius 2 is 1.72 bits per heavy atom. The highest BCUT2D eigenvalue weighted by atomic mass is 32.1. The van der Waals surface area contributed by atoms with E-state index in [9.17, 15) is 14.4 Å². The predicted molar refractivity (Wildman–Crippen MR) is 117 cm³/mol. The zero-order chi connectivity index (χ0) is 20.5. The van der Waals surface area contributed by atoms with E-state index in [2.05, 4.69) is 0 Å². The molecule has 4 aromatic rings. The van der Waals surface area contributed by atoms with Crippen molar-refractivity contribution in [3.63, 3.8) is 0 Å². The van der Waals surface area contributed by atoms with E-state index in [4.69, 9.17) is 7.85 Å². The lowest BCUT2D eigenvalue weighted by molar-refractivity contribution is 0.0964. The van der Waals surface area contributed by atoms with Gasteiger partial charge in [0, 0.05) is 12.7 Å². The summed E-state index contributed by atoms with van der Waals surface area (Å²) in [6.07, 6.45) is 0. The van der Waals surface area contributed by atoms with Crippen molar-refractivity contribution in [1.29, 1.82) is 0 Å². The fourth-order valence-electron chi connectivity index (χ4n) is 3.12. The van der Waals surface area contributed by atoms with E-state index in [0.29, 0.717) is 26.9 Å². The van der Waals surface area contributed by atoms with Gasteiger partial charge in [-0.25, -0.2) is 4.57 Å². The first kappa shape index (κ1) is 18.9. The van der Waals surface area contributed by atoms with Crippen LogP contribution < -0.4 is 15.9 Å². The maximum Gasteiger partial charge on any atom is 0.275 e. The quantitative estimate of drug-likeness (QED) is 0.499. The molecule has 0 aliphatic heterocycles. The Hall–Kier alpha value is -3.45. The first-order chi connectivity index (χ1) is 14.0. The van der Waals surface area contributed by atoms with Crippen molar-refractivity contribution in [2.24, 2.45) is 0 Å². The third-order valence-corrected chi connectivity index (χ3v) is 5.52. The number of anilines is 1. The molecule has 2 aromatic heterocycles. The van der Waals surface area contributed by atoms with Gasteiger partial charge in [-0.15, -0.1) is 11.3 Å². The maximum absolute atomic E-state index is 13.2. The summed E-state index contributed by atoms with van der Waals surface area (Å²) >= 11 is 1.25. The molecule has 1 amide bonds. The lowest BCUT2D eigenvalue weighted by Crippen LogP contribution is -2.36.